The molecule has 7 nitrogen and oxygen atoms in total. The van der Waals surface area contributed by atoms with Gasteiger partial charge in [-0.3, -0.25) is 9.59 Å². The highest BCUT2D eigenvalue weighted by Gasteiger charge is 2.40. The highest BCUT2D eigenvalue weighted by Crippen LogP contribution is 2.36. The molecular formula is C55H107NO6. The quantitative estimate of drug-likeness (QED) is 0.0445. The molecule has 1 aliphatic heterocycles. The predicted molar refractivity (Wildman–Crippen MR) is 264 cm³/mol. The van der Waals surface area contributed by atoms with Crippen LogP contribution in [0.5, 0.6) is 0 Å². The van der Waals surface area contributed by atoms with Crippen molar-refractivity contribution >= 4 is 11.9 Å². The summed E-state index contributed by atoms with van der Waals surface area (Å²) in [6.45, 7) is 18.7. The van der Waals surface area contributed by atoms with E-state index in [0.29, 0.717) is 37.9 Å². The van der Waals surface area contributed by atoms with Crippen LogP contribution in [-0.4, -0.2) is 68.2 Å². The van der Waals surface area contributed by atoms with E-state index in [0.717, 1.165) is 71.2 Å². The van der Waals surface area contributed by atoms with Crippen molar-refractivity contribution < 1.29 is 28.5 Å². The third kappa shape index (κ3) is 33.3. The zero-order chi connectivity index (χ0) is 45.2. The highest BCUT2D eigenvalue weighted by molar-refractivity contribution is 5.70. The van der Waals surface area contributed by atoms with Gasteiger partial charge in [0.2, 0.25) is 0 Å². The van der Waals surface area contributed by atoms with E-state index in [9.17, 15) is 9.59 Å². The standard InChI is InChI=1S/C55H107NO6/c1-7-13-29-37-50(38-30-14-8-2)47-53(57)59-45-35-27-23-19-17-21-25-33-42-55(61-49-52(62-55)41-44-56(11-5)12-6)43-34-26-22-18-20-24-28-36-46-60-54(58)48-51(39-31-15-9-3)40-32-16-10-4/h50-52H,7-49H2,1-6H3. The number of rotatable bonds is 47. The number of hydrogen-bond donors (Lipinski definition) is 0. The normalized spacial score (nSPS) is 15.1. The molecule has 0 saturated carbocycles. The number of carbonyl (C=O) groups excluding carboxylic acids is 2. The summed E-state index contributed by atoms with van der Waals surface area (Å²) in [7, 11) is 0. The summed E-state index contributed by atoms with van der Waals surface area (Å²) in [5, 5.41) is 0. The van der Waals surface area contributed by atoms with E-state index in [1.807, 2.05) is 0 Å². The summed E-state index contributed by atoms with van der Waals surface area (Å²) in [4.78, 5) is 27.6. The molecule has 0 radical (unpaired) electrons. The van der Waals surface area contributed by atoms with E-state index in [2.05, 4.69) is 46.4 Å². The van der Waals surface area contributed by atoms with Crippen LogP contribution in [0.2, 0.25) is 0 Å². The maximum Gasteiger partial charge on any atom is 0.306 e. The number of ether oxygens (including phenoxy) is 4. The second-order valence-electron chi connectivity index (χ2n) is 19.5. The number of nitrogens with zero attached hydrogens (tertiary/aromatic N) is 1. The maximum absolute atomic E-state index is 12.6. The summed E-state index contributed by atoms with van der Waals surface area (Å²) >= 11 is 0. The third-order valence-corrected chi connectivity index (χ3v) is 13.8. The van der Waals surface area contributed by atoms with Crippen molar-refractivity contribution in [3.63, 3.8) is 0 Å². The summed E-state index contributed by atoms with van der Waals surface area (Å²) in [6.07, 6.45) is 43.4. The van der Waals surface area contributed by atoms with Crippen LogP contribution in [-0.2, 0) is 28.5 Å². The molecule has 1 fully saturated rings. The Balaban J connectivity index is 2.28. The van der Waals surface area contributed by atoms with Gasteiger partial charge in [-0.25, -0.2) is 0 Å². The van der Waals surface area contributed by atoms with Gasteiger partial charge in [0, 0.05) is 32.2 Å². The van der Waals surface area contributed by atoms with Crippen LogP contribution in [0.25, 0.3) is 0 Å². The van der Waals surface area contributed by atoms with Gasteiger partial charge in [-0.05, 0) is 82.7 Å². The topological polar surface area (TPSA) is 74.3 Å². The van der Waals surface area contributed by atoms with Gasteiger partial charge in [0.05, 0.1) is 25.9 Å². The number of unbranched alkanes of at least 4 members (excludes halogenated alkanes) is 22. The zero-order valence-corrected chi connectivity index (χ0v) is 42.5. The molecule has 0 aromatic carbocycles. The van der Waals surface area contributed by atoms with E-state index in [4.69, 9.17) is 18.9 Å². The Labute approximate surface area is 386 Å². The lowest BCUT2D eigenvalue weighted by Gasteiger charge is -2.29. The van der Waals surface area contributed by atoms with Gasteiger partial charge >= 0.3 is 11.9 Å². The molecule has 7 heteroatoms. The molecule has 0 N–H and O–H groups in total. The van der Waals surface area contributed by atoms with Crippen LogP contribution in [0.3, 0.4) is 0 Å². The Hall–Kier alpha value is -1.18. The first-order chi connectivity index (χ1) is 30.3. The molecule has 1 saturated heterocycles. The molecule has 0 aromatic heterocycles. The Morgan fingerprint density at radius 2 is 0.855 bits per heavy atom. The van der Waals surface area contributed by atoms with Crippen molar-refractivity contribution in [2.24, 2.45) is 11.8 Å². The largest absolute Gasteiger partial charge is 0.466 e. The minimum atomic E-state index is -0.390. The molecule has 1 unspecified atom stereocenters. The molecule has 368 valence electrons. The van der Waals surface area contributed by atoms with E-state index in [-0.39, 0.29) is 18.0 Å². The molecule has 1 aliphatic rings. The molecule has 0 amide bonds. The van der Waals surface area contributed by atoms with Crippen molar-refractivity contribution in [2.75, 3.05) is 39.5 Å². The number of esters is 2. The van der Waals surface area contributed by atoms with E-state index in [1.165, 1.54) is 180 Å². The van der Waals surface area contributed by atoms with Crippen molar-refractivity contribution in [3.05, 3.63) is 0 Å². The fraction of sp³-hybridized carbons (Fsp3) is 0.964. The molecule has 0 spiro atoms. The van der Waals surface area contributed by atoms with Gasteiger partial charge in [0.25, 0.3) is 0 Å². The van der Waals surface area contributed by atoms with E-state index < -0.39 is 5.79 Å². The second-order valence-corrected chi connectivity index (χ2v) is 19.5. The zero-order valence-electron chi connectivity index (χ0n) is 42.5. The second kappa shape index (κ2) is 42.5. The Kier molecular flexibility index (Phi) is 40.3. The monoisotopic (exact) mass is 878 g/mol. The van der Waals surface area contributed by atoms with Crippen LogP contribution in [0.15, 0.2) is 0 Å². The van der Waals surface area contributed by atoms with E-state index >= 15 is 0 Å². The van der Waals surface area contributed by atoms with Crippen LogP contribution in [0.1, 0.15) is 279 Å². The fourth-order valence-electron chi connectivity index (χ4n) is 9.52. The molecule has 0 bridgehead atoms. The fourth-order valence-corrected chi connectivity index (χ4v) is 9.52. The summed E-state index contributed by atoms with van der Waals surface area (Å²) < 4.78 is 24.7. The molecule has 62 heavy (non-hydrogen) atoms. The third-order valence-electron chi connectivity index (χ3n) is 13.8. The summed E-state index contributed by atoms with van der Waals surface area (Å²) in [5.41, 5.74) is 0. The lowest BCUT2D eigenvalue weighted by molar-refractivity contribution is -0.180. The lowest BCUT2D eigenvalue weighted by Crippen LogP contribution is -2.32. The van der Waals surface area contributed by atoms with Gasteiger partial charge in [-0.1, -0.05) is 196 Å². The molecule has 0 aliphatic carbocycles. The predicted octanol–water partition coefficient (Wildman–Crippen LogP) is 16.3. The van der Waals surface area contributed by atoms with Crippen LogP contribution in [0.4, 0.5) is 0 Å². The van der Waals surface area contributed by atoms with Crippen LogP contribution >= 0.6 is 0 Å². The SMILES string of the molecule is CCCCCC(CCCCC)CC(=O)OCCCCCCCCCCC1(CCCCCCCCCCOC(=O)CC(CCCCC)CCCCC)OCC(CCN(CC)CC)O1. The molecule has 1 rings (SSSR count). The summed E-state index contributed by atoms with van der Waals surface area (Å²) in [6, 6.07) is 0. The maximum atomic E-state index is 12.6. The molecule has 0 aromatic rings. The summed E-state index contributed by atoms with van der Waals surface area (Å²) in [5.74, 6) is 0.678. The van der Waals surface area contributed by atoms with Gasteiger partial charge in [0.15, 0.2) is 5.79 Å². The number of carbonyl (C=O) groups is 2. The van der Waals surface area contributed by atoms with Crippen molar-refractivity contribution in [1.82, 2.24) is 4.90 Å². The van der Waals surface area contributed by atoms with Gasteiger partial charge in [-0.2, -0.15) is 0 Å². The van der Waals surface area contributed by atoms with E-state index in [1.54, 1.807) is 0 Å². The first kappa shape index (κ1) is 58.8. The first-order valence-corrected chi connectivity index (χ1v) is 27.7. The Morgan fingerprint density at radius 3 is 1.21 bits per heavy atom. The smallest absolute Gasteiger partial charge is 0.306 e. The molecular weight excluding hydrogens is 771 g/mol. The van der Waals surface area contributed by atoms with Crippen LogP contribution in [0, 0.1) is 11.8 Å². The Morgan fingerprint density at radius 1 is 0.500 bits per heavy atom. The van der Waals surface area contributed by atoms with Gasteiger partial charge < -0.3 is 23.8 Å². The minimum absolute atomic E-state index is 0.0272. The van der Waals surface area contributed by atoms with Crippen molar-refractivity contribution in [1.29, 1.82) is 0 Å². The Bertz CT molecular complexity index is 907. The van der Waals surface area contributed by atoms with Gasteiger partial charge in [0.1, 0.15) is 0 Å². The first-order valence-electron chi connectivity index (χ1n) is 27.7. The highest BCUT2D eigenvalue weighted by atomic mass is 16.7. The van der Waals surface area contributed by atoms with Crippen molar-refractivity contribution in [3.8, 4) is 0 Å². The number of hydrogen-bond acceptors (Lipinski definition) is 7. The van der Waals surface area contributed by atoms with Crippen molar-refractivity contribution in [2.45, 2.75) is 291 Å². The average Bonchev–Trinajstić information content (AvgIpc) is 3.67. The molecule has 1 heterocycles. The average molecular weight is 878 g/mol. The lowest BCUT2D eigenvalue weighted by atomic mass is 9.92. The minimum Gasteiger partial charge on any atom is -0.466 e. The molecule has 1 atom stereocenters. The van der Waals surface area contributed by atoms with Gasteiger partial charge in [-0.15, -0.1) is 0 Å². The van der Waals surface area contributed by atoms with Crippen LogP contribution < -0.4 is 0 Å².